The maximum atomic E-state index is 11.3. The first-order valence-corrected chi connectivity index (χ1v) is 9.31. The molecule has 0 aromatic rings. The summed E-state index contributed by atoms with van der Waals surface area (Å²) < 4.78 is 10.5. The van der Waals surface area contributed by atoms with Gasteiger partial charge in [-0.15, -0.1) is 0 Å². The maximum absolute atomic E-state index is 11.3. The molecular weight excluding hydrogens is 295 g/mol. The highest BCUT2D eigenvalue weighted by Crippen LogP contribution is 2.15. The van der Waals surface area contributed by atoms with Gasteiger partial charge in [0.05, 0.1) is 0 Å². The van der Waals surface area contributed by atoms with Gasteiger partial charge in [0, 0.05) is 6.42 Å². The lowest BCUT2D eigenvalue weighted by Crippen LogP contribution is -1.99. The Balaban J connectivity index is 3.94. The number of carbonyl (C=O) groups excluding carboxylic acids is 1. The molecule has 1 atom stereocenters. The molecule has 22 heavy (non-hydrogen) atoms. The van der Waals surface area contributed by atoms with E-state index in [1.807, 2.05) is 0 Å². The Morgan fingerprint density at radius 1 is 0.864 bits per heavy atom. The number of carbonyl (C=O) groups is 1. The molecule has 1 unspecified atom stereocenters. The lowest BCUT2D eigenvalue weighted by Gasteiger charge is -2.01. The molecule has 124 valence electrons. The zero-order chi connectivity index (χ0) is 17.0. The third-order valence-corrected chi connectivity index (χ3v) is 3.97. The maximum Gasteiger partial charge on any atom is 0.513 e. The summed E-state index contributed by atoms with van der Waals surface area (Å²) in [5, 5.41) is 0. The Bertz CT molecular complexity index is 455. The molecule has 0 rings (SSSR count). The molecular formula is C18H30O3P+. The predicted octanol–water partition coefficient (Wildman–Crippen LogP) is 5.49. The van der Waals surface area contributed by atoms with Gasteiger partial charge in [0.25, 0.3) is 0 Å². The number of hydrogen-bond acceptors (Lipinski definition) is 2. The van der Waals surface area contributed by atoms with Crippen LogP contribution in [0.25, 0.3) is 0 Å². The largest absolute Gasteiger partial charge is 0.513 e. The number of allylic oxidation sites excluding steroid dienone is 6. The molecule has 0 fully saturated rings. The van der Waals surface area contributed by atoms with E-state index in [1.54, 1.807) is 0 Å². The molecule has 0 aromatic heterocycles. The summed E-state index contributed by atoms with van der Waals surface area (Å²) in [5.74, 6) is -0.136. The second-order valence-corrected chi connectivity index (χ2v) is 7.07. The van der Waals surface area contributed by atoms with Gasteiger partial charge in [-0.05, 0) is 64.4 Å². The first kappa shape index (κ1) is 20.9. The highest BCUT2D eigenvalue weighted by molar-refractivity contribution is 7.39. The first-order valence-electron chi connectivity index (χ1n) is 7.91. The number of Topliss-reactive ketones (excluding diaryl/α,β-unsaturated/α-hetero) is 1. The zero-order valence-corrected chi connectivity index (χ0v) is 15.3. The van der Waals surface area contributed by atoms with Crippen molar-refractivity contribution in [1.29, 1.82) is 0 Å². The Kier molecular flexibility index (Phi) is 11.9. The topological polar surface area (TPSA) is 54.4 Å². The van der Waals surface area contributed by atoms with Crippen LogP contribution in [-0.2, 0) is 9.36 Å². The van der Waals surface area contributed by atoms with Crippen LogP contribution in [0.4, 0.5) is 0 Å². The van der Waals surface area contributed by atoms with Crippen LogP contribution in [0.1, 0.15) is 66.2 Å². The highest BCUT2D eigenvalue weighted by Gasteiger charge is 2.16. The van der Waals surface area contributed by atoms with Gasteiger partial charge >= 0.3 is 8.03 Å². The highest BCUT2D eigenvalue weighted by atomic mass is 31.1. The molecule has 0 aromatic carbocycles. The van der Waals surface area contributed by atoms with Crippen molar-refractivity contribution < 1.29 is 14.3 Å². The van der Waals surface area contributed by atoms with Crippen molar-refractivity contribution in [2.45, 2.75) is 66.2 Å². The van der Waals surface area contributed by atoms with Gasteiger partial charge in [0.2, 0.25) is 6.16 Å². The van der Waals surface area contributed by atoms with Gasteiger partial charge in [-0.2, -0.15) is 4.89 Å². The minimum atomic E-state index is -2.33. The van der Waals surface area contributed by atoms with Crippen molar-refractivity contribution >= 4 is 13.8 Å². The van der Waals surface area contributed by atoms with E-state index in [0.717, 1.165) is 25.7 Å². The van der Waals surface area contributed by atoms with E-state index in [0.29, 0.717) is 12.8 Å². The van der Waals surface area contributed by atoms with Crippen LogP contribution in [0.5, 0.6) is 0 Å². The minimum absolute atomic E-state index is 0.136. The van der Waals surface area contributed by atoms with Crippen LogP contribution < -0.4 is 0 Å². The van der Waals surface area contributed by atoms with Crippen LogP contribution in [0.15, 0.2) is 34.9 Å². The molecule has 0 aliphatic carbocycles. The van der Waals surface area contributed by atoms with E-state index in [9.17, 15) is 9.36 Å². The van der Waals surface area contributed by atoms with Gasteiger partial charge < -0.3 is 0 Å². The van der Waals surface area contributed by atoms with Crippen molar-refractivity contribution in [3.63, 3.8) is 0 Å². The predicted molar refractivity (Wildman–Crippen MR) is 94.3 cm³/mol. The van der Waals surface area contributed by atoms with Gasteiger partial charge in [0.1, 0.15) is 0 Å². The molecule has 0 saturated carbocycles. The van der Waals surface area contributed by atoms with Gasteiger partial charge in [0.15, 0.2) is 5.78 Å². The summed E-state index contributed by atoms with van der Waals surface area (Å²) in [6, 6.07) is 0. The van der Waals surface area contributed by atoms with Crippen molar-refractivity contribution in [1.82, 2.24) is 0 Å². The Morgan fingerprint density at radius 2 is 1.32 bits per heavy atom. The standard InChI is InChI=1S/C18H29O3P/c1-15(2)8-5-9-16(3)10-6-11-17(4)12-7-13-18(19)14-22(20)21/h8,10,12H,5-7,9,11,13-14H2,1-4H3/p+1. The van der Waals surface area contributed by atoms with Crippen LogP contribution in [0.2, 0.25) is 0 Å². The monoisotopic (exact) mass is 325 g/mol. The van der Waals surface area contributed by atoms with Crippen LogP contribution in [-0.4, -0.2) is 16.8 Å². The zero-order valence-electron chi connectivity index (χ0n) is 14.4. The molecule has 0 amide bonds. The van der Waals surface area contributed by atoms with Crippen LogP contribution in [0.3, 0.4) is 0 Å². The summed E-state index contributed by atoms with van der Waals surface area (Å²) in [5.41, 5.74) is 4.06. The molecule has 0 aliphatic heterocycles. The quantitative estimate of drug-likeness (QED) is 0.404. The molecule has 0 radical (unpaired) electrons. The lowest BCUT2D eigenvalue weighted by atomic mass is 10.1. The Morgan fingerprint density at radius 3 is 1.77 bits per heavy atom. The molecule has 0 aliphatic rings. The molecule has 3 nitrogen and oxygen atoms in total. The SMILES string of the molecule is CC(C)=CCCC(C)=CCCC(C)=CCCC(=O)C[P+](=O)O. The normalized spacial score (nSPS) is 13.0. The van der Waals surface area contributed by atoms with Gasteiger partial charge in [-0.3, -0.25) is 4.79 Å². The van der Waals surface area contributed by atoms with E-state index in [4.69, 9.17) is 4.89 Å². The van der Waals surface area contributed by atoms with Crippen LogP contribution >= 0.6 is 8.03 Å². The van der Waals surface area contributed by atoms with Gasteiger partial charge in [-0.1, -0.05) is 34.9 Å². The van der Waals surface area contributed by atoms with Crippen LogP contribution in [0, 0.1) is 0 Å². The third-order valence-electron chi connectivity index (χ3n) is 3.35. The number of rotatable bonds is 11. The summed E-state index contributed by atoms with van der Waals surface area (Å²) in [6.45, 7) is 8.49. The summed E-state index contributed by atoms with van der Waals surface area (Å²) in [6.07, 6.45) is 11.7. The first-order chi connectivity index (χ1) is 10.3. The fraction of sp³-hybridized carbons (Fsp3) is 0.611. The van der Waals surface area contributed by atoms with E-state index in [2.05, 4.69) is 45.9 Å². The number of hydrogen-bond donors (Lipinski definition) is 1. The van der Waals surface area contributed by atoms with Crippen molar-refractivity contribution in [2.24, 2.45) is 0 Å². The molecule has 0 heterocycles. The molecule has 4 heteroatoms. The average Bonchev–Trinajstić information content (AvgIpc) is 2.37. The van der Waals surface area contributed by atoms with E-state index in [-0.39, 0.29) is 11.9 Å². The second-order valence-electron chi connectivity index (χ2n) is 6.05. The molecule has 0 saturated heterocycles. The number of ketones is 1. The Labute approximate surface area is 136 Å². The summed E-state index contributed by atoms with van der Waals surface area (Å²) >= 11 is 0. The molecule has 1 N–H and O–H groups in total. The fourth-order valence-electron chi connectivity index (χ4n) is 2.05. The van der Waals surface area contributed by atoms with Crippen molar-refractivity contribution in [3.8, 4) is 0 Å². The van der Waals surface area contributed by atoms with Crippen molar-refractivity contribution in [2.75, 3.05) is 6.16 Å². The van der Waals surface area contributed by atoms with Gasteiger partial charge in [-0.25, -0.2) is 0 Å². The van der Waals surface area contributed by atoms with Crippen molar-refractivity contribution in [3.05, 3.63) is 34.9 Å². The van der Waals surface area contributed by atoms with E-state index < -0.39 is 8.03 Å². The third kappa shape index (κ3) is 13.9. The molecule has 0 spiro atoms. The summed E-state index contributed by atoms with van der Waals surface area (Å²) in [7, 11) is -2.33. The molecule has 0 bridgehead atoms. The average molecular weight is 325 g/mol. The van der Waals surface area contributed by atoms with E-state index >= 15 is 0 Å². The smallest absolute Gasteiger partial charge is 0.295 e. The fourth-order valence-corrected chi connectivity index (χ4v) is 2.51. The van der Waals surface area contributed by atoms with E-state index in [1.165, 1.54) is 16.7 Å². The Hall–Kier alpha value is -1.05. The second kappa shape index (κ2) is 12.5. The lowest BCUT2D eigenvalue weighted by molar-refractivity contribution is -0.116. The summed E-state index contributed by atoms with van der Waals surface area (Å²) in [4.78, 5) is 20.0. The minimum Gasteiger partial charge on any atom is -0.295 e.